The number of carbonyl (C=O) groups is 3. The topological polar surface area (TPSA) is 78.9 Å². The predicted molar refractivity (Wildman–Crippen MR) is 357 cm³/mol. The van der Waals surface area contributed by atoms with Crippen LogP contribution in [0.2, 0.25) is 0 Å². The first-order valence-corrected chi connectivity index (χ1v) is 34.9. The molecule has 0 amide bonds. The molecular formula is C76H130O6. The molecule has 6 nitrogen and oxygen atoms in total. The molecule has 6 heteroatoms. The number of hydrogen-bond acceptors (Lipinski definition) is 6. The maximum Gasteiger partial charge on any atom is 0.306 e. The number of rotatable bonds is 63. The molecule has 0 saturated carbocycles. The molecule has 1 atom stereocenters. The van der Waals surface area contributed by atoms with E-state index in [-0.39, 0.29) is 31.1 Å². The smallest absolute Gasteiger partial charge is 0.306 e. The molecule has 470 valence electrons. The highest BCUT2D eigenvalue weighted by atomic mass is 16.6. The van der Waals surface area contributed by atoms with E-state index in [4.69, 9.17) is 14.2 Å². The fourth-order valence-electron chi connectivity index (χ4n) is 9.81. The lowest BCUT2D eigenvalue weighted by Gasteiger charge is -2.18. The van der Waals surface area contributed by atoms with E-state index in [0.29, 0.717) is 19.3 Å². The Labute approximate surface area is 508 Å². The third kappa shape index (κ3) is 66.9. The molecule has 82 heavy (non-hydrogen) atoms. The highest BCUT2D eigenvalue weighted by Crippen LogP contribution is 2.17. The van der Waals surface area contributed by atoms with Crippen molar-refractivity contribution in [1.29, 1.82) is 0 Å². The second kappa shape index (κ2) is 69.6. The van der Waals surface area contributed by atoms with Crippen LogP contribution in [0.4, 0.5) is 0 Å². The second-order valence-corrected chi connectivity index (χ2v) is 23.1. The van der Waals surface area contributed by atoms with Gasteiger partial charge in [-0.2, -0.15) is 0 Å². The van der Waals surface area contributed by atoms with Crippen molar-refractivity contribution in [3.63, 3.8) is 0 Å². The Hall–Kier alpha value is -3.93. The van der Waals surface area contributed by atoms with Gasteiger partial charge in [-0.3, -0.25) is 14.4 Å². The molecule has 0 N–H and O–H groups in total. The minimum absolute atomic E-state index is 0.0805. The van der Waals surface area contributed by atoms with Gasteiger partial charge in [0.1, 0.15) is 13.2 Å². The van der Waals surface area contributed by atoms with Crippen LogP contribution in [0.1, 0.15) is 335 Å². The van der Waals surface area contributed by atoms with Gasteiger partial charge < -0.3 is 14.2 Å². The van der Waals surface area contributed by atoms with Crippen LogP contribution in [0.5, 0.6) is 0 Å². The number of ether oxygens (including phenoxy) is 3. The number of esters is 3. The van der Waals surface area contributed by atoms with Crippen LogP contribution in [-0.2, 0) is 28.6 Å². The first-order chi connectivity index (χ1) is 40.5. The summed E-state index contributed by atoms with van der Waals surface area (Å²) in [5.74, 6) is -0.884. The van der Waals surface area contributed by atoms with Gasteiger partial charge in [-0.05, 0) is 109 Å². The predicted octanol–water partition coefficient (Wildman–Crippen LogP) is 24.2. The van der Waals surface area contributed by atoms with Crippen LogP contribution < -0.4 is 0 Å². The number of allylic oxidation sites excluding steroid dienone is 18. The first kappa shape index (κ1) is 78.1. The maximum absolute atomic E-state index is 12.9. The molecule has 0 rings (SSSR count). The van der Waals surface area contributed by atoms with E-state index < -0.39 is 6.10 Å². The third-order valence-corrected chi connectivity index (χ3v) is 15.0. The van der Waals surface area contributed by atoms with E-state index in [1.807, 2.05) is 0 Å². The van der Waals surface area contributed by atoms with Crippen LogP contribution >= 0.6 is 0 Å². The molecule has 0 spiro atoms. The Morgan fingerprint density at radius 3 is 0.756 bits per heavy atom. The molecular weight excluding hydrogens is 1010 g/mol. The summed E-state index contributed by atoms with van der Waals surface area (Å²) >= 11 is 0. The van der Waals surface area contributed by atoms with Crippen molar-refractivity contribution in [2.45, 2.75) is 341 Å². The Morgan fingerprint density at radius 1 is 0.256 bits per heavy atom. The standard InChI is InChI=1S/C76H130O6/c1-4-7-10-13-16-19-22-25-28-30-32-33-34-35-36-37-38-39-40-41-42-43-45-46-48-51-54-57-60-63-66-69-75(78)81-72-73(71-80-74(77)68-65-62-59-56-53-50-27-24-21-18-15-12-9-6-3)82-76(79)70-67-64-61-58-55-52-49-47-44-31-29-26-23-20-17-14-11-8-5-2/h7,10,16,19,25-26,28-29,32-33,35-36,38-39,41-42,45-46,73H,4-6,8-9,11-15,17-18,20-24,27,30-31,34,37,40,43-44,47-72H2,1-3H3/b10-7-,19-16-,28-25-,29-26-,33-32-,36-35-,39-38-,42-41-,46-45-. The Bertz CT molecular complexity index is 1640. The van der Waals surface area contributed by atoms with Crippen molar-refractivity contribution in [1.82, 2.24) is 0 Å². The number of carbonyl (C=O) groups excluding carboxylic acids is 3. The fraction of sp³-hybridized carbons (Fsp3) is 0.724. The summed E-state index contributed by atoms with van der Waals surface area (Å²) in [5, 5.41) is 0. The second-order valence-electron chi connectivity index (χ2n) is 23.1. The average Bonchev–Trinajstić information content (AvgIpc) is 3.47. The summed E-state index contributed by atoms with van der Waals surface area (Å²) in [7, 11) is 0. The van der Waals surface area contributed by atoms with Crippen LogP contribution in [0, 0.1) is 0 Å². The van der Waals surface area contributed by atoms with Gasteiger partial charge in [0.2, 0.25) is 0 Å². The normalized spacial score (nSPS) is 12.8. The maximum atomic E-state index is 12.9. The van der Waals surface area contributed by atoms with Gasteiger partial charge in [0, 0.05) is 19.3 Å². The summed E-state index contributed by atoms with van der Waals surface area (Å²) in [6, 6.07) is 0. The lowest BCUT2D eigenvalue weighted by molar-refractivity contribution is -0.167. The van der Waals surface area contributed by atoms with E-state index in [1.165, 1.54) is 173 Å². The van der Waals surface area contributed by atoms with Crippen molar-refractivity contribution in [3.05, 3.63) is 109 Å². The Kier molecular flexibility index (Phi) is 66.2. The number of unbranched alkanes of at least 4 members (excludes halogenated alkanes) is 34. The van der Waals surface area contributed by atoms with Gasteiger partial charge in [0.15, 0.2) is 6.10 Å². The Balaban J connectivity index is 4.34. The van der Waals surface area contributed by atoms with Crippen LogP contribution in [0.3, 0.4) is 0 Å². The zero-order valence-corrected chi connectivity index (χ0v) is 54.0. The Morgan fingerprint density at radius 2 is 0.476 bits per heavy atom. The zero-order valence-electron chi connectivity index (χ0n) is 54.0. The molecule has 0 bridgehead atoms. The van der Waals surface area contributed by atoms with E-state index in [2.05, 4.69) is 130 Å². The van der Waals surface area contributed by atoms with Crippen LogP contribution in [-0.4, -0.2) is 37.2 Å². The van der Waals surface area contributed by atoms with E-state index in [0.717, 1.165) is 122 Å². The van der Waals surface area contributed by atoms with Gasteiger partial charge in [0.25, 0.3) is 0 Å². The molecule has 0 heterocycles. The van der Waals surface area contributed by atoms with Gasteiger partial charge in [-0.1, -0.05) is 316 Å². The van der Waals surface area contributed by atoms with Crippen LogP contribution in [0.15, 0.2) is 109 Å². The zero-order chi connectivity index (χ0) is 59.2. The molecule has 0 aromatic rings. The van der Waals surface area contributed by atoms with Crippen LogP contribution in [0.25, 0.3) is 0 Å². The minimum Gasteiger partial charge on any atom is -0.462 e. The van der Waals surface area contributed by atoms with Gasteiger partial charge in [-0.25, -0.2) is 0 Å². The molecule has 0 fully saturated rings. The van der Waals surface area contributed by atoms with Crippen molar-refractivity contribution in [3.8, 4) is 0 Å². The SMILES string of the molecule is CC/C=C\C/C=C\C/C=C\C/C=C\C/C=C\C/C=C\C/C=C\C/C=C\CCCCCCCCC(=O)OCC(COC(=O)CCCCCCCCCCCCCCCC)OC(=O)CCCCCCCCCCC/C=C\CCCCCCCC. The highest BCUT2D eigenvalue weighted by Gasteiger charge is 2.19. The van der Waals surface area contributed by atoms with Crippen molar-refractivity contribution >= 4 is 17.9 Å². The minimum atomic E-state index is -0.786. The number of hydrogen-bond donors (Lipinski definition) is 0. The fourth-order valence-corrected chi connectivity index (χ4v) is 9.81. The summed E-state index contributed by atoms with van der Waals surface area (Å²) < 4.78 is 17.0. The van der Waals surface area contributed by atoms with Gasteiger partial charge >= 0.3 is 17.9 Å². The lowest BCUT2D eigenvalue weighted by Crippen LogP contribution is -2.30. The molecule has 0 aliphatic heterocycles. The lowest BCUT2D eigenvalue weighted by atomic mass is 10.0. The summed E-state index contributed by atoms with van der Waals surface area (Å²) in [4.78, 5) is 38.4. The van der Waals surface area contributed by atoms with E-state index >= 15 is 0 Å². The molecule has 0 aliphatic rings. The van der Waals surface area contributed by atoms with Crippen molar-refractivity contribution in [2.75, 3.05) is 13.2 Å². The third-order valence-electron chi connectivity index (χ3n) is 15.0. The summed E-state index contributed by atoms with van der Waals surface area (Å²) in [6.07, 6.45) is 95.3. The molecule has 0 radical (unpaired) electrons. The molecule has 0 saturated heterocycles. The summed E-state index contributed by atoms with van der Waals surface area (Å²) in [5.41, 5.74) is 0. The molecule has 0 aromatic heterocycles. The molecule has 0 aromatic carbocycles. The van der Waals surface area contributed by atoms with Crippen molar-refractivity contribution < 1.29 is 28.6 Å². The van der Waals surface area contributed by atoms with E-state index in [9.17, 15) is 14.4 Å². The monoisotopic (exact) mass is 1140 g/mol. The first-order valence-electron chi connectivity index (χ1n) is 34.9. The average molecular weight is 1140 g/mol. The molecule has 0 aliphatic carbocycles. The largest absolute Gasteiger partial charge is 0.462 e. The van der Waals surface area contributed by atoms with E-state index in [1.54, 1.807) is 0 Å². The molecule has 1 unspecified atom stereocenters. The van der Waals surface area contributed by atoms with Gasteiger partial charge in [0.05, 0.1) is 0 Å². The van der Waals surface area contributed by atoms with Gasteiger partial charge in [-0.15, -0.1) is 0 Å². The summed E-state index contributed by atoms with van der Waals surface area (Å²) in [6.45, 7) is 6.55. The highest BCUT2D eigenvalue weighted by molar-refractivity contribution is 5.71. The van der Waals surface area contributed by atoms with Crippen molar-refractivity contribution in [2.24, 2.45) is 0 Å². The quantitative estimate of drug-likeness (QED) is 0.0261.